The maximum atomic E-state index is 13.8. The topological polar surface area (TPSA) is 82.0 Å². The number of nitrogens with one attached hydrogen (secondary N) is 1. The molecule has 114 valence electrons. The summed E-state index contributed by atoms with van der Waals surface area (Å²) in [4.78, 5) is 20.1. The van der Waals surface area contributed by atoms with Gasteiger partial charge in [0.1, 0.15) is 24.7 Å². The maximum absolute atomic E-state index is 13.8. The molecule has 2 unspecified atom stereocenters. The summed E-state index contributed by atoms with van der Waals surface area (Å²) in [5.74, 6) is 0.417. The molecular formula is C15H15FN4O2. The van der Waals surface area contributed by atoms with Crippen LogP contribution in [0, 0.1) is 11.3 Å². The number of ether oxygens (including phenoxy) is 1. The third kappa shape index (κ3) is 2.78. The highest BCUT2D eigenvalue weighted by Gasteiger charge is 2.35. The van der Waals surface area contributed by atoms with Gasteiger partial charge in [0.15, 0.2) is 0 Å². The van der Waals surface area contributed by atoms with Crippen molar-refractivity contribution in [3.05, 3.63) is 29.6 Å². The Kier molecular flexibility index (Phi) is 3.77. The highest BCUT2D eigenvalue weighted by atomic mass is 19.1. The molecule has 1 saturated heterocycles. The van der Waals surface area contributed by atoms with Crippen LogP contribution in [0.1, 0.15) is 18.3 Å². The summed E-state index contributed by atoms with van der Waals surface area (Å²) >= 11 is 0. The van der Waals surface area contributed by atoms with E-state index in [1.165, 1.54) is 11.8 Å². The van der Waals surface area contributed by atoms with Gasteiger partial charge in [0.25, 0.3) is 0 Å². The average Bonchev–Trinajstić information content (AvgIpc) is 3.07. The molecule has 1 fully saturated rings. The van der Waals surface area contributed by atoms with Crippen LogP contribution in [-0.2, 0) is 16.1 Å². The van der Waals surface area contributed by atoms with E-state index in [2.05, 4.69) is 16.0 Å². The van der Waals surface area contributed by atoms with Gasteiger partial charge in [0, 0.05) is 13.5 Å². The zero-order valence-corrected chi connectivity index (χ0v) is 12.0. The van der Waals surface area contributed by atoms with Crippen LogP contribution in [0.15, 0.2) is 18.2 Å². The van der Waals surface area contributed by atoms with E-state index in [0.717, 1.165) is 11.0 Å². The Bertz CT molecular complexity index is 752. The number of rotatable bonds is 3. The van der Waals surface area contributed by atoms with Crippen LogP contribution in [-0.4, -0.2) is 46.1 Å². The molecule has 2 heterocycles. The number of benzene rings is 1. The Balaban J connectivity index is 1.67. The fourth-order valence-corrected chi connectivity index (χ4v) is 2.53. The normalized spacial score (nSPS) is 21.2. The first-order chi connectivity index (χ1) is 10.6. The minimum Gasteiger partial charge on any atom is -0.365 e. The SMILES string of the molecule is CC(=O)N1CC(F)C(OCc2nc3ccc(C#N)cc3[nH]2)C1. The summed E-state index contributed by atoms with van der Waals surface area (Å²) in [7, 11) is 0. The number of nitrogens with zero attached hydrogens (tertiary/aromatic N) is 3. The molecule has 0 spiro atoms. The lowest BCUT2D eigenvalue weighted by Gasteiger charge is -2.13. The first-order valence-electron chi connectivity index (χ1n) is 6.97. The van der Waals surface area contributed by atoms with Crippen molar-refractivity contribution in [3.8, 4) is 6.07 Å². The number of imidazole rings is 1. The van der Waals surface area contributed by atoms with Crippen molar-refractivity contribution in [2.75, 3.05) is 13.1 Å². The van der Waals surface area contributed by atoms with Crippen molar-refractivity contribution in [2.45, 2.75) is 25.8 Å². The average molecular weight is 302 g/mol. The van der Waals surface area contributed by atoms with Gasteiger partial charge in [-0.05, 0) is 18.2 Å². The molecule has 1 aromatic heterocycles. The maximum Gasteiger partial charge on any atom is 0.219 e. The summed E-state index contributed by atoms with van der Waals surface area (Å²) in [5.41, 5.74) is 2.01. The Morgan fingerprint density at radius 3 is 3.09 bits per heavy atom. The smallest absolute Gasteiger partial charge is 0.219 e. The molecule has 1 N–H and O–H groups in total. The summed E-state index contributed by atoms with van der Waals surface area (Å²) in [5, 5.41) is 8.87. The van der Waals surface area contributed by atoms with Gasteiger partial charge < -0.3 is 14.6 Å². The number of carbonyl (C=O) groups is 1. The molecule has 0 bridgehead atoms. The third-order valence-corrected chi connectivity index (χ3v) is 3.74. The van der Waals surface area contributed by atoms with E-state index >= 15 is 0 Å². The number of H-pyrrole nitrogens is 1. The quantitative estimate of drug-likeness (QED) is 0.932. The number of amides is 1. The summed E-state index contributed by atoms with van der Waals surface area (Å²) < 4.78 is 19.4. The predicted molar refractivity (Wildman–Crippen MR) is 76.5 cm³/mol. The number of aromatic amines is 1. The van der Waals surface area contributed by atoms with Crippen molar-refractivity contribution in [1.29, 1.82) is 5.26 Å². The highest BCUT2D eigenvalue weighted by Crippen LogP contribution is 2.19. The number of fused-ring (bicyclic) bond motifs is 1. The van der Waals surface area contributed by atoms with Gasteiger partial charge in [-0.2, -0.15) is 5.26 Å². The minimum absolute atomic E-state index is 0.0751. The molecule has 2 aromatic rings. The monoisotopic (exact) mass is 302 g/mol. The van der Waals surface area contributed by atoms with Gasteiger partial charge in [-0.15, -0.1) is 0 Å². The van der Waals surface area contributed by atoms with Gasteiger partial charge in [-0.1, -0.05) is 0 Å². The van der Waals surface area contributed by atoms with Crippen molar-refractivity contribution in [3.63, 3.8) is 0 Å². The molecule has 7 heteroatoms. The van der Waals surface area contributed by atoms with Crippen LogP contribution in [0.2, 0.25) is 0 Å². The first-order valence-corrected chi connectivity index (χ1v) is 6.97. The molecule has 6 nitrogen and oxygen atoms in total. The predicted octanol–water partition coefficient (Wildman–Crippen LogP) is 1.52. The molecule has 0 saturated carbocycles. The van der Waals surface area contributed by atoms with Crippen molar-refractivity contribution in [1.82, 2.24) is 14.9 Å². The lowest BCUT2D eigenvalue weighted by Crippen LogP contribution is -2.27. The molecule has 22 heavy (non-hydrogen) atoms. The second-order valence-electron chi connectivity index (χ2n) is 5.32. The fraction of sp³-hybridized carbons (Fsp3) is 0.400. The molecule has 3 rings (SSSR count). The third-order valence-electron chi connectivity index (χ3n) is 3.74. The van der Waals surface area contributed by atoms with Crippen molar-refractivity contribution >= 4 is 16.9 Å². The summed E-state index contributed by atoms with van der Waals surface area (Å²) in [6, 6.07) is 7.20. The zero-order valence-electron chi connectivity index (χ0n) is 12.0. The number of hydrogen-bond donors (Lipinski definition) is 1. The Morgan fingerprint density at radius 2 is 2.41 bits per heavy atom. The minimum atomic E-state index is -1.18. The van der Waals surface area contributed by atoms with Crippen LogP contribution in [0.3, 0.4) is 0 Å². The Labute approximate surface area is 126 Å². The van der Waals surface area contributed by atoms with Crippen molar-refractivity contribution < 1.29 is 13.9 Å². The van der Waals surface area contributed by atoms with E-state index in [1.807, 2.05) is 0 Å². The molecule has 1 aromatic carbocycles. The van der Waals surface area contributed by atoms with Gasteiger partial charge in [-0.3, -0.25) is 4.79 Å². The van der Waals surface area contributed by atoms with Crippen LogP contribution in [0.4, 0.5) is 4.39 Å². The number of nitriles is 1. The second-order valence-corrected chi connectivity index (χ2v) is 5.32. The largest absolute Gasteiger partial charge is 0.365 e. The molecule has 1 aliphatic heterocycles. The van der Waals surface area contributed by atoms with Gasteiger partial charge in [-0.25, -0.2) is 9.37 Å². The lowest BCUT2D eigenvalue weighted by atomic mass is 10.2. The Hall–Kier alpha value is -2.46. The van der Waals surface area contributed by atoms with Crippen LogP contribution >= 0.6 is 0 Å². The number of carbonyl (C=O) groups excluding carboxylic acids is 1. The van der Waals surface area contributed by atoms with Crippen LogP contribution < -0.4 is 0 Å². The molecular weight excluding hydrogens is 287 g/mol. The fourth-order valence-electron chi connectivity index (χ4n) is 2.53. The molecule has 1 aliphatic rings. The number of halogens is 1. The highest BCUT2D eigenvalue weighted by molar-refractivity contribution is 5.76. The van der Waals surface area contributed by atoms with Gasteiger partial charge in [0.2, 0.25) is 5.91 Å². The van der Waals surface area contributed by atoms with E-state index in [4.69, 9.17) is 10.00 Å². The molecule has 2 atom stereocenters. The Morgan fingerprint density at radius 1 is 1.59 bits per heavy atom. The van der Waals surface area contributed by atoms with Crippen molar-refractivity contribution in [2.24, 2.45) is 0 Å². The zero-order chi connectivity index (χ0) is 15.7. The van der Waals surface area contributed by atoms with E-state index in [9.17, 15) is 9.18 Å². The van der Waals surface area contributed by atoms with Gasteiger partial charge in [0.05, 0.1) is 29.2 Å². The number of hydrogen-bond acceptors (Lipinski definition) is 4. The number of likely N-dealkylation sites (tertiary alicyclic amines) is 1. The standard InChI is InChI=1S/C15H15FN4O2/c1-9(21)20-6-11(16)14(7-20)22-8-15-18-12-3-2-10(5-17)4-13(12)19-15/h2-4,11,14H,6-8H2,1H3,(H,18,19). The number of aromatic nitrogens is 2. The summed E-state index contributed by atoms with van der Waals surface area (Å²) in [6.45, 7) is 1.88. The molecule has 0 radical (unpaired) electrons. The molecule has 0 aliphatic carbocycles. The second kappa shape index (κ2) is 5.73. The molecule has 1 amide bonds. The summed E-state index contributed by atoms with van der Waals surface area (Å²) in [6.07, 6.45) is -1.81. The van der Waals surface area contributed by atoms with E-state index in [-0.39, 0.29) is 25.6 Å². The van der Waals surface area contributed by atoms with E-state index in [1.54, 1.807) is 18.2 Å². The van der Waals surface area contributed by atoms with Gasteiger partial charge >= 0.3 is 0 Å². The number of alkyl halides is 1. The van der Waals surface area contributed by atoms with Crippen LogP contribution in [0.5, 0.6) is 0 Å². The lowest BCUT2D eigenvalue weighted by molar-refractivity contribution is -0.128. The first kappa shape index (κ1) is 14.5. The van der Waals surface area contributed by atoms with Crippen LogP contribution in [0.25, 0.3) is 11.0 Å². The van der Waals surface area contributed by atoms with E-state index < -0.39 is 12.3 Å². The van der Waals surface area contributed by atoms with E-state index in [0.29, 0.717) is 11.4 Å².